The zero-order chi connectivity index (χ0) is 7.28. The van der Waals surface area contributed by atoms with Gasteiger partial charge in [-0.1, -0.05) is 12.7 Å². The van der Waals surface area contributed by atoms with Gasteiger partial charge < -0.3 is 10.5 Å². The van der Waals surface area contributed by atoms with E-state index in [0.29, 0.717) is 11.2 Å². The van der Waals surface area contributed by atoms with Gasteiger partial charge in [-0.05, 0) is 15.9 Å². The molecule has 0 radical (unpaired) electrons. The van der Waals surface area contributed by atoms with E-state index in [1.165, 1.54) is 0 Å². The van der Waals surface area contributed by atoms with Crippen LogP contribution >= 0.6 is 15.9 Å². The van der Waals surface area contributed by atoms with Crippen molar-refractivity contribution in [1.82, 2.24) is 0 Å². The van der Waals surface area contributed by atoms with Crippen molar-refractivity contribution in [2.24, 2.45) is 5.73 Å². The Bertz CT molecular complexity index is 131. The van der Waals surface area contributed by atoms with Crippen molar-refractivity contribution in [3.05, 3.63) is 22.9 Å². The topological polar surface area (TPSA) is 35.2 Å². The molecule has 0 atom stereocenters. The molecule has 0 aliphatic rings. The molecule has 0 fully saturated rings. The summed E-state index contributed by atoms with van der Waals surface area (Å²) in [5, 5.41) is 0. The maximum absolute atomic E-state index is 5.32. The van der Waals surface area contributed by atoms with E-state index in [-0.39, 0.29) is 0 Å². The van der Waals surface area contributed by atoms with Gasteiger partial charge in [-0.3, -0.25) is 0 Å². The summed E-state index contributed by atoms with van der Waals surface area (Å²) in [6.07, 6.45) is 1.66. The van der Waals surface area contributed by atoms with Crippen LogP contribution in [0.3, 0.4) is 0 Å². The Kier molecular flexibility index (Phi) is 4.44. The standard InChI is InChI=1S/C6H10BrNO/c1-3-5(4-8)6(7)9-2/h3H,1,4,8H2,2H3. The van der Waals surface area contributed by atoms with Gasteiger partial charge in [-0.15, -0.1) is 0 Å². The van der Waals surface area contributed by atoms with Crippen LogP contribution in [0.5, 0.6) is 0 Å². The number of hydrogen-bond acceptors (Lipinski definition) is 2. The molecule has 0 rings (SSSR count). The first-order valence-electron chi connectivity index (χ1n) is 2.51. The summed E-state index contributed by atoms with van der Waals surface area (Å²) in [6.45, 7) is 4.00. The van der Waals surface area contributed by atoms with Gasteiger partial charge in [0.15, 0.2) is 4.67 Å². The Hall–Kier alpha value is -0.280. The lowest BCUT2D eigenvalue weighted by atomic mass is 10.3. The molecule has 52 valence electrons. The number of ether oxygens (including phenoxy) is 1. The second kappa shape index (κ2) is 4.58. The maximum Gasteiger partial charge on any atom is 0.166 e. The van der Waals surface area contributed by atoms with Crippen LogP contribution in [0, 0.1) is 0 Å². The first-order chi connectivity index (χ1) is 4.26. The molecular formula is C6H10BrNO. The van der Waals surface area contributed by atoms with Crippen LogP contribution in [0.15, 0.2) is 22.9 Å². The summed E-state index contributed by atoms with van der Waals surface area (Å²) in [4.78, 5) is 0. The first-order valence-corrected chi connectivity index (χ1v) is 3.30. The van der Waals surface area contributed by atoms with E-state index in [9.17, 15) is 0 Å². The van der Waals surface area contributed by atoms with E-state index in [4.69, 9.17) is 10.5 Å². The minimum atomic E-state index is 0.442. The molecule has 0 aromatic carbocycles. The van der Waals surface area contributed by atoms with Crippen molar-refractivity contribution in [3.8, 4) is 0 Å². The molecule has 9 heavy (non-hydrogen) atoms. The summed E-state index contributed by atoms with van der Waals surface area (Å²) >= 11 is 3.17. The molecule has 0 bridgehead atoms. The maximum atomic E-state index is 5.32. The largest absolute Gasteiger partial charge is 0.490 e. The van der Waals surface area contributed by atoms with E-state index >= 15 is 0 Å². The number of methoxy groups -OCH3 is 1. The van der Waals surface area contributed by atoms with Gasteiger partial charge in [0.25, 0.3) is 0 Å². The number of nitrogens with two attached hydrogens (primary N) is 1. The van der Waals surface area contributed by atoms with Crippen molar-refractivity contribution in [2.75, 3.05) is 13.7 Å². The Morgan fingerprint density at radius 1 is 1.89 bits per heavy atom. The van der Waals surface area contributed by atoms with Crippen LogP contribution < -0.4 is 5.73 Å². The highest BCUT2D eigenvalue weighted by atomic mass is 79.9. The average Bonchev–Trinajstić information content (AvgIpc) is 1.90. The summed E-state index contributed by atoms with van der Waals surface area (Å²) in [6, 6.07) is 0. The summed E-state index contributed by atoms with van der Waals surface area (Å²) < 4.78 is 5.49. The van der Waals surface area contributed by atoms with Crippen LogP contribution in [0.25, 0.3) is 0 Å². The highest BCUT2D eigenvalue weighted by molar-refractivity contribution is 9.11. The first kappa shape index (κ1) is 8.72. The molecule has 2 nitrogen and oxygen atoms in total. The number of rotatable bonds is 3. The lowest BCUT2D eigenvalue weighted by molar-refractivity contribution is 0.324. The van der Waals surface area contributed by atoms with Crippen molar-refractivity contribution in [3.63, 3.8) is 0 Å². The monoisotopic (exact) mass is 191 g/mol. The van der Waals surface area contributed by atoms with Crippen molar-refractivity contribution >= 4 is 15.9 Å². The van der Waals surface area contributed by atoms with Gasteiger partial charge in [0.05, 0.1) is 7.11 Å². The van der Waals surface area contributed by atoms with Gasteiger partial charge in [-0.2, -0.15) is 0 Å². The van der Waals surface area contributed by atoms with Gasteiger partial charge in [0.2, 0.25) is 0 Å². The fourth-order valence-electron chi connectivity index (χ4n) is 0.375. The van der Waals surface area contributed by atoms with Crippen LogP contribution in [-0.2, 0) is 4.74 Å². The molecule has 2 N–H and O–H groups in total. The third-order valence-electron chi connectivity index (χ3n) is 0.898. The van der Waals surface area contributed by atoms with Gasteiger partial charge >= 0.3 is 0 Å². The zero-order valence-corrected chi connectivity index (χ0v) is 6.94. The molecule has 0 aliphatic heterocycles. The summed E-state index contributed by atoms with van der Waals surface area (Å²) in [7, 11) is 1.57. The third-order valence-corrected chi connectivity index (χ3v) is 1.73. The quantitative estimate of drug-likeness (QED) is 0.541. The SMILES string of the molecule is C=CC(CN)=C(Br)OC. The third kappa shape index (κ3) is 2.67. The highest BCUT2D eigenvalue weighted by Gasteiger charge is 1.95. The molecule has 0 saturated carbocycles. The molecule has 0 heterocycles. The van der Waals surface area contributed by atoms with E-state index in [0.717, 1.165) is 5.57 Å². The Morgan fingerprint density at radius 2 is 2.44 bits per heavy atom. The molecule has 0 aliphatic carbocycles. The van der Waals surface area contributed by atoms with E-state index < -0.39 is 0 Å². The van der Waals surface area contributed by atoms with Gasteiger partial charge in [0.1, 0.15) is 0 Å². The predicted octanol–water partition coefficient (Wildman–Crippen LogP) is 1.38. The second-order valence-electron chi connectivity index (χ2n) is 1.41. The fraction of sp³-hybridized carbons (Fsp3) is 0.333. The lowest BCUT2D eigenvalue weighted by Gasteiger charge is -2.00. The van der Waals surface area contributed by atoms with Crippen molar-refractivity contribution in [2.45, 2.75) is 0 Å². The van der Waals surface area contributed by atoms with E-state index in [2.05, 4.69) is 22.5 Å². The molecule has 0 aromatic rings. The Balaban J connectivity index is 4.18. The summed E-state index contributed by atoms with van der Waals surface area (Å²) in [5.74, 6) is 0. The van der Waals surface area contributed by atoms with Gasteiger partial charge in [-0.25, -0.2) is 0 Å². The smallest absolute Gasteiger partial charge is 0.166 e. The number of halogens is 1. The number of hydrogen-bond donors (Lipinski definition) is 1. The molecule has 0 unspecified atom stereocenters. The normalized spacial score (nSPS) is 12.3. The minimum Gasteiger partial charge on any atom is -0.490 e. The molecule has 0 spiro atoms. The Morgan fingerprint density at radius 3 is 2.56 bits per heavy atom. The molecular weight excluding hydrogens is 182 g/mol. The highest BCUT2D eigenvalue weighted by Crippen LogP contribution is 2.11. The van der Waals surface area contributed by atoms with E-state index in [1.54, 1.807) is 13.2 Å². The fourth-order valence-corrected chi connectivity index (χ4v) is 0.699. The molecule has 0 aromatic heterocycles. The van der Waals surface area contributed by atoms with Crippen molar-refractivity contribution < 1.29 is 4.74 Å². The van der Waals surface area contributed by atoms with Gasteiger partial charge in [0, 0.05) is 12.1 Å². The zero-order valence-electron chi connectivity index (χ0n) is 5.36. The van der Waals surface area contributed by atoms with Crippen LogP contribution in [-0.4, -0.2) is 13.7 Å². The van der Waals surface area contributed by atoms with Crippen LogP contribution in [0.1, 0.15) is 0 Å². The Labute approximate surface area is 63.5 Å². The van der Waals surface area contributed by atoms with Crippen LogP contribution in [0.2, 0.25) is 0 Å². The van der Waals surface area contributed by atoms with E-state index in [1.807, 2.05) is 0 Å². The molecule has 0 amide bonds. The second-order valence-corrected chi connectivity index (χ2v) is 2.13. The molecule has 0 saturated heterocycles. The summed E-state index contributed by atoms with van der Waals surface area (Å²) in [5.41, 5.74) is 6.19. The van der Waals surface area contributed by atoms with Crippen LogP contribution in [0.4, 0.5) is 0 Å². The minimum absolute atomic E-state index is 0.442. The molecule has 3 heteroatoms. The predicted molar refractivity (Wildman–Crippen MR) is 42.2 cm³/mol. The van der Waals surface area contributed by atoms with Crippen molar-refractivity contribution in [1.29, 1.82) is 0 Å². The lowest BCUT2D eigenvalue weighted by Crippen LogP contribution is -2.02. The average molecular weight is 192 g/mol.